The largest absolute Gasteiger partial charge is 0.508 e. The molecule has 0 heterocycles. The zero-order chi connectivity index (χ0) is 28.5. The fourth-order valence-electron chi connectivity index (χ4n) is 3.94. The number of hydrogen-bond acceptors (Lipinski definition) is 6. The summed E-state index contributed by atoms with van der Waals surface area (Å²) in [6.07, 6.45) is 3.08. The number of carbonyl (C=O) groups is 3. The number of thioether (sulfide) groups is 1. The van der Waals surface area contributed by atoms with Gasteiger partial charge < -0.3 is 25.4 Å². The van der Waals surface area contributed by atoms with E-state index in [9.17, 15) is 19.5 Å². The molecule has 0 aliphatic carbocycles. The second kappa shape index (κ2) is 13.9. The summed E-state index contributed by atoms with van der Waals surface area (Å²) in [5, 5.41) is 15.5. The summed E-state index contributed by atoms with van der Waals surface area (Å²) in [6.45, 7) is 12.9. The van der Waals surface area contributed by atoms with Crippen LogP contribution in [0.4, 0.5) is 10.5 Å². The molecule has 2 rings (SSSR count). The molecule has 9 heteroatoms. The first-order valence-electron chi connectivity index (χ1n) is 12.4. The molecule has 8 nitrogen and oxygen atoms in total. The van der Waals surface area contributed by atoms with Gasteiger partial charge in [0.2, 0.25) is 5.91 Å². The van der Waals surface area contributed by atoms with Crippen LogP contribution < -0.4 is 10.6 Å². The molecule has 0 radical (unpaired) electrons. The highest BCUT2D eigenvalue weighted by Gasteiger charge is 2.36. The number of alkyl carbamates (subject to hydrolysis) is 1. The lowest BCUT2D eigenvalue weighted by atomic mass is 10.0. The van der Waals surface area contributed by atoms with Gasteiger partial charge >= 0.3 is 6.09 Å². The van der Waals surface area contributed by atoms with Crippen molar-refractivity contribution in [3.63, 3.8) is 0 Å². The van der Waals surface area contributed by atoms with Crippen LogP contribution in [0.5, 0.6) is 5.75 Å². The predicted molar refractivity (Wildman–Crippen MR) is 153 cm³/mol. The average molecular weight is 542 g/mol. The van der Waals surface area contributed by atoms with Crippen molar-refractivity contribution in [2.45, 2.75) is 58.7 Å². The Labute approximate surface area is 229 Å². The van der Waals surface area contributed by atoms with E-state index >= 15 is 0 Å². The van der Waals surface area contributed by atoms with Crippen LogP contribution in [0.25, 0.3) is 0 Å². The first kappa shape index (κ1) is 30.8. The molecule has 2 unspecified atom stereocenters. The smallest absolute Gasteiger partial charge is 0.408 e. The Kier molecular flexibility index (Phi) is 11.3. The van der Waals surface area contributed by atoms with Crippen LogP contribution in [0.1, 0.15) is 49.9 Å². The van der Waals surface area contributed by atoms with Crippen LogP contribution in [0.15, 0.2) is 55.1 Å². The number of carbonyl (C=O) groups excluding carboxylic acids is 3. The third-order valence-corrected chi connectivity index (χ3v) is 6.35. The van der Waals surface area contributed by atoms with E-state index in [2.05, 4.69) is 17.2 Å². The minimum atomic E-state index is -1.06. The van der Waals surface area contributed by atoms with Crippen LogP contribution in [-0.4, -0.2) is 58.1 Å². The molecule has 0 aromatic heterocycles. The molecule has 3 amide bonds. The molecular weight excluding hydrogens is 502 g/mol. The number of aromatic hydroxyl groups is 1. The number of phenolic OH excluding ortho intramolecular Hbond substituents is 1. The van der Waals surface area contributed by atoms with Crippen molar-refractivity contribution < 1.29 is 24.2 Å². The van der Waals surface area contributed by atoms with Gasteiger partial charge in [0.15, 0.2) is 0 Å². The molecule has 0 saturated carbocycles. The van der Waals surface area contributed by atoms with E-state index in [1.165, 1.54) is 23.1 Å². The molecule has 0 aliphatic rings. The maximum Gasteiger partial charge on any atom is 0.408 e. The van der Waals surface area contributed by atoms with Gasteiger partial charge in [0, 0.05) is 12.2 Å². The first-order valence-corrected chi connectivity index (χ1v) is 13.8. The number of amides is 3. The van der Waals surface area contributed by atoms with E-state index in [4.69, 9.17) is 4.74 Å². The van der Waals surface area contributed by atoms with Gasteiger partial charge in [-0.2, -0.15) is 11.8 Å². The van der Waals surface area contributed by atoms with Gasteiger partial charge in [-0.1, -0.05) is 36.4 Å². The lowest BCUT2D eigenvalue weighted by Crippen LogP contribution is -2.52. The number of nitrogens with zero attached hydrogens (tertiary/aromatic N) is 1. The van der Waals surface area contributed by atoms with Crippen molar-refractivity contribution in [3.8, 4) is 5.75 Å². The molecule has 0 aliphatic heterocycles. The number of hydrogen-bond donors (Lipinski definition) is 3. The lowest BCUT2D eigenvalue weighted by molar-refractivity contribution is -0.140. The summed E-state index contributed by atoms with van der Waals surface area (Å²) >= 11 is 1.54. The first-order chi connectivity index (χ1) is 17.9. The van der Waals surface area contributed by atoms with Gasteiger partial charge in [-0.15, -0.1) is 6.58 Å². The number of nitrogens with one attached hydrogen (secondary N) is 2. The molecule has 38 heavy (non-hydrogen) atoms. The standard InChI is InChI=1S/C29H39N3O5S/c1-8-17-32(27(35)23(16-18-38-7)30-28(36)37-29(4,5)6)25(21-12-14-22(33)15-13-21)26(34)31-24-19(2)10-9-11-20(24)3/h8-15,23,25,33H,1,16-18H2,2-7H3,(H,30,36)(H,31,34). The van der Waals surface area contributed by atoms with Crippen molar-refractivity contribution in [2.24, 2.45) is 0 Å². The van der Waals surface area contributed by atoms with Gasteiger partial charge in [0.25, 0.3) is 5.91 Å². The SMILES string of the molecule is C=CCN(C(=O)C(CCSC)NC(=O)OC(C)(C)C)C(C(=O)Nc1c(C)cccc1C)c1ccc(O)cc1. The van der Waals surface area contributed by atoms with Gasteiger partial charge in [0.1, 0.15) is 23.4 Å². The summed E-state index contributed by atoms with van der Waals surface area (Å²) in [4.78, 5) is 41.8. The highest BCUT2D eigenvalue weighted by atomic mass is 32.2. The normalized spacial score (nSPS) is 12.7. The molecule has 0 fully saturated rings. The Bertz CT molecular complexity index is 1110. The van der Waals surface area contributed by atoms with Gasteiger partial charge in [-0.25, -0.2) is 4.79 Å². The molecule has 0 bridgehead atoms. The third kappa shape index (κ3) is 8.83. The zero-order valence-electron chi connectivity index (χ0n) is 23.0. The van der Waals surface area contributed by atoms with E-state index in [0.717, 1.165) is 11.1 Å². The van der Waals surface area contributed by atoms with Crippen molar-refractivity contribution >= 4 is 35.4 Å². The number of benzene rings is 2. The molecule has 206 valence electrons. The number of anilines is 1. The second-order valence-electron chi connectivity index (χ2n) is 10.0. The highest BCUT2D eigenvalue weighted by Crippen LogP contribution is 2.28. The van der Waals surface area contributed by atoms with E-state index < -0.39 is 35.6 Å². The van der Waals surface area contributed by atoms with Gasteiger partial charge in [-0.05, 0) is 81.9 Å². The number of phenols is 1. The minimum absolute atomic E-state index is 0.0358. The molecule has 2 aromatic rings. The Morgan fingerprint density at radius 2 is 1.71 bits per heavy atom. The summed E-state index contributed by atoms with van der Waals surface area (Å²) in [6, 6.07) is 9.86. The van der Waals surface area contributed by atoms with Crippen molar-refractivity contribution in [1.29, 1.82) is 0 Å². The minimum Gasteiger partial charge on any atom is -0.508 e. The van der Waals surface area contributed by atoms with Crippen LogP contribution in [0.3, 0.4) is 0 Å². The molecule has 0 saturated heterocycles. The van der Waals surface area contributed by atoms with Crippen LogP contribution in [-0.2, 0) is 14.3 Å². The van der Waals surface area contributed by atoms with Crippen molar-refractivity contribution in [1.82, 2.24) is 10.2 Å². The zero-order valence-corrected chi connectivity index (χ0v) is 23.9. The number of aryl methyl sites for hydroxylation is 2. The molecule has 2 aromatic carbocycles. The fourth-order valence-corrected chi connectivity index (χ4v) is 4.41. The molecule has 2 atom stereocenters. The van der Waals surface area contributed by atoms with Crippen LogP contribution in [0, 0.1) is 13.8 Å². The predicted octanol–water partition coefficient (Wildman–Crippen LogP) is 5.35. The summed E-state index contributed by atoms with van der Waals surface area (Å²) in [5.41, 5.74) is 2.20. The van der Waals surface area contributed by atoms with Crippen LogP contribution in [0.2, 0.25) is 0 Å². The molecule has 3 N–H and O–H groups in total. The van der Waals surface area contributed by atoms with E-state index in [1.807, 2.05) is 38.3 Å². The Morgan fingerprint density at radius 1 is 1.11 bits per heavy atom. The highest BCUT2D eigenvalue weighted by molar-refractivity contribution is 7.98. The Balaban J connectivity index is 2.51. The third-order valence-electron chi connectivity index (χ3n) is 5.71. The summed E-state index contributed by atoms with van der Waals surface area (Å²) in [5.74, 6) is -0.232. The number of para-hydroxylation sites is 1. The quantitative estimate of drug-likeness (QED) is 0.331. The number of ether oxygens (including phenoxy) is 1. The lowest BCUT2D eigenvalue weighted by Gasteiger charge is -2.34. The summed E-state index contributed by atoms with van der Waals surface area (Å²) < 4.78 is 5.39. The van der Waals surface area contributed by atoms with E-state index in [1.54, 1.807) is 44.7 Å². The monoisotopic (exact) mass is 541 g/mol. The van der Waals surface area contributed by atoms with Crippen molar-refractivity contribution in [2.75, 3.05) is 23.9 Å². The maximum absolute atomic E-state index is 14.0. The van der Waals surface area contributed by atoms with Gasteiger partial charge in [-0.3, -0.25) is 9.59 Å². The Hall–Kier alpha value is -3.46. The number of rotatable bonds is 11. The van der Waals surface area contributed by atoms with Crippen LogP contribution >= 0.6 is 11.8 Å². The summed E-state index contributed by atoms with van der Waals surface area (Å²) in [7, 11) is 0. The topological polar surface area (TPSA) is 108 Å². The van der Waals surface area contributed by atoms with E-state index in [0.29, 0.717) is 23.4 Å². The fraction of sp³-hybridized carbons (Fsp3) is 0.414. The average Bonchev–Trinajstić information content (AvgIpc) is 2.83. The second-order valence-corrected chi connectivity index (χ2v) is 11.0. The molecule has 0 spiro atoms. The Morgan fingerprint density at radius 3 is 2.24 bits per heavy atom. The van der Waals surface area contributed by atoms with E-state index in [-0.39, 0.29) is 12.3 Å². The van der Waals surface area contributed by atoms with Gasteiger partial charge in [0.05, 0.1) is 0 Å². The maximum atomic E-state index is 14.0. The van der Waals surface area contributed by atoms with Crippen molar-refractivity contribution in [3.05, 3.63) is 71.8 Å². The molecular formula is C29H39N3O5S.